The first-order valence-electron chi connectivity index (χ1n) is 4.98. The van der Waals surface area contributed by atoms with E-state index in [1.807, 2.05) is 0 Å². The summed E-state index contributed by atoms with van der Waals surface area (Å²) < 4.78 is 1.64. The molecule has 0 radical (unpaired) electrons. The van der Waals surface area contributed by atoms with Crippen molar-refractivity contribution < 1.29 is 0 Å². The Kier molecular flexibility index (Phi) is 2.66. The van der Waals surface area contributed by atoms with Crippen molar-refractivity contribution in [1.29, 1.82) is 0 Å². The van der Waals surface area contributed by atoms with Crippen LogP contribution in [0, 0.1) is 0 Å². The Morgan fingerprint density at radius 3 is 2.56 bits per heavy atom. The summed E-state index contributed by atoms with van der Waals surface area (Å²) in [7, 11) is 0. The molecule has 3 aromatic heterocycles. The monoisotopic (exact) mass is 259 g/mol. The van der Waals surface area contributed by atoms with Gasteiger partial charge in [-0.25, -0.2) is 15.0 Å². The second-order valence-corrected chi connectivity index (χ2v) is 3.66. The van der Waals surface area contributed by atoms with Gasteiger partial charge in [0, 0.05) is 24.8 Å². The third-order valence-corrected chi connectivity index (χ3v) is 2.32. The van der Waals surface area contributed by atoms with Crippen LogP contribution in [0.1, 0.15) is 0 Å². The number of hydrogen-bond acceptors (Lipinski definition) is 6. The van der Waals surface area contributed by atoms with Crippen LogP contribution >= 0.6 is 11.6 Å². The molecule has 0 spiro atoms. The van der Waals surface area contributed by atoms with Crippen LogP contribution in [0.3, 0.4) is 0 Å². The normalized spacial score (nSPS) is 10.5. The summed E-state index contributed by atoms with van der Waals surface area (Å²) in [5.41, 5.74) is 0.670. The standard InChI is InChI=1S/C10H6ClN7/c11-9-15-8(7-3-13-5-14-4-7)16-10(17-9)18-2-1-12-6-18/h1-6H. The smallest absolute Gasteiger partial charge is 0.239 e. The molecular weight excluding hydrogens is 254 g/mol. The van der Waals surface area contributed by atoms with Gasteiger partial charge < -0.3 is 0 Å². The predicted molar refractivity (Wildman–Crippen MR) is 63.0 cm³/mol. The lowest BCUT2D eigenvalue weighted by molar-refractivity contribution is 0.898. The molecule has 18 heavy (non-hydrogen) atoms. The lowest BCUT2D eigenvalue weighted by Crippen LogP contribution is -2.03. The van der Waals surface area contributed by atoms with Crippen LogP contribution in [0.5, 0.6) is 0 Å². The Morgan fingerprint density at radius 1 is 1.00 bits per heavy atom. The number of imidazole rings is 1. The van der Waals surface area contributed by atoms with Crippen molar-refractivity contribution in [2.24, 2.45) is 0 Å². The average Bonchev–Trinajstić information content (AvgIpc) is 2.93. The highest BCUT2D eigenvalue weighted by Gasteiger charge is 2.08. The molecule has 0 fully saturated rings. The Morgan fingerprint density at radius 2 is 1.83 bits per heavy atom. The largest absolute Gasteiger partial charge is 0.274 e. The molecule has 8 heteroatoms. The van der Waals surface area contributed by atoms with Crippen LogP contribution in [-0.4, -0.2) is 34.5 Å². The number of nitrogens with zero attached hydrogens (tertiary/aromatic N) is 7. The van der Waals surface area contributed by atoms with Gasteiger partial charge in [0.05, 0.1) is 5.56 Å². The Balaban J connectivity index is 2.12. The highest BCUT2D eigenvalue weighted by Crippen LogP contribution is 2.15. The zero-order valence-corrected chi connectivity index (χ0v) is 9.73. The number of hydrogen-bond donors (Lipinski definition) is 0. The van der Waals surface area contributed by atoms with E-state index in [0.717, 1.165) is 0 Å². The van der Waals surface area contributed by atoms with Gasteiger partial charge in [-0.3, -0.25) is 4.57 Å². The first kappa shape index (κ1) is 10.7. The van der Waals surface area contributed by atoms with Crippen LogP contribution in [0.15, 0.2) is 37.4 Å². The van der Waals surface area contributed by atoms with Crippen molar-refractivity contribution >= 4 is 11.6 Å². The van der Waals surface area contributed by atoms with Gasteiger partial charge in [0.1, 0.15) is 12.7 Å². The fourth-order valence-electron chi connectivity index (χ4n) is 1.38. The first-order chi connectivity index (χ1) is 8.83. The molecule has 0 saturated heterocycles. The second-order valence-electron chi connectivity index (χ2n) is 3.33. The van der Waals surface area contributed by atoms with E-state index in [9.17, 15) is 0 Å². The van der Waals surface area contributed by atoms with E-state index < -0.39 is 0 Å². The van der Waals surface area contributed by atoms with Gasteiger partial charge in [0.2, 0.25) is 11.2 Å². The minimum Gasteiger partial charge on any atom is -0.274 e. The summed E-state index contributed by atoms with van der Waals surface area (Å²) >= 11 is 5.88. The first-order valence-corrected chi connectivity index (χ1v) is 5.36. The SMILES string of the molecule is Clc1nc(-c2cncnc2)nc(-n2ccnc2)n1. The van der Waals surface area contributed by atoms with Crippen LogP contribution in [0.4, 0.5) is 0 Å². The second kappa shape index (κ2) is 4.46. The molecule has 0 aliphatic carbocycles. The molecule has 0 aliphatic rings. The van der Waals surface area contributed by atoms with Crippen molar-refractivity contribution in [3.05, 3.63) is 42.7 Å². The maximum atomic E-state index is 5.88. The van der Waals surface area contributed by atoms with Gasteiger partial charge in [0.15, 0.2) is 5.82 Å². The van der Waals surface area contributed by atoms with Crippen LogP contribution in [-0.2, 0) is 0 Å². The molecule has 0 unspecified atom stereocenters. The van der Waals surface area contributed by atoms with E-state index in [0.29, 0.717) is 17.3 Å². The molecule has 0 aromatic carbocycles. The van der Waals surface area contributed by atoms with Crippen LogP contribution in [0.2, 0.25) is 5.28 Å². The molecule has 0 bridgehead atoms. The maximum Gasteiger partial charge on any atom is 0.239 e. The minimum absolute atomic E-state index is 0.104. The van der Waals surface area contributed by atoms with Crippen LogP contribution in [0.25, 0.3) is 17.3 Å². The third-order valence-electron chi connectivity index (χ3n) is 2.15. The fraction of sp³-hybridized carbons (Fsp3) is 0. The summed E-state index contributed by atoms with van der Waals surface area (Å²) in [6.07, 6.45) is 9.58. The summed E-state index contributed by atoms with van der Waals surface area (Å²) in [6.45, 7) is 0. The van der Waals surface area contributed by atoms with Gasteiger partial charge in [-0.15, -0.1) is 0 Å². The van der Waals surface area contributed by atoms with E-state index in [2.05, 4.69) is 29.9 Å². The molecule has 88 valence electrons. The van der Waals surface area contributed by atoms with Crippen LogP contribution < -0.4 is 0 Å². The summed E-state index contributed by atoms with van der Waals surface area (Å²) in [6, 6.07) is 0. The number of aromatic nitrogens is 7. The Hall–Kier alpha value is -2.41. The lowest BCUT2D eigenvalue weighted by Gasteiger charge is -2.03. The highest BCUT2D eigenvalue weighted by molar-refractivity contribution is 6.28. The van der Waals surface area contributed by atoms with E-state index in [4.69, 9.17) is 11.6 Å². The topological polar surface area (TPSA) is 82.3 Å². The maximum absolute atomic E-state index is 5.88. The Bertz CT molecular complexity index is 653. The van der Waals surface area contributed by atoms with Crippen molar-refractivity contribution in [1.82, 2.24) is 34.5 Å². The predicted octanol–water partition coefficient (Wildman–Crippen LogP) is 1.17. The minimum atomic E-state index is 0.104. The van der Waals surface area contributed by atoms with Gasteiger partial charge in [-0.05, 0) is 11.6 Å². The molecule has 3 rings (SSSR count). The van der Waals surface area contributed by atoms with E-state index in [1.54, 1.807) is 35.7 Å². The molecule has 3 aromatic rings. The van der Waals surface area contributed by atoms with Crippen molar-refractivity contribution in [2.45, 2.75) is 0 Å². The lowest BCUT2D eigenvalue weighted by atomic mass is 10.3. The van der Waals surface area contributed by atoms with Gasteiger partial charge >= 0.3 is 0 Å². The third kappa shape index (κ3) is 2.03. The average molecular weight is 260 g/mol. The summed E-state index contributed by atoms with van der Waals surface area (Å²) in [5, 5.41) is 0.104. The molecule has 0 aliphatic heterocycles. The highest BCUT2D eigenvalue weighted by atomic mass is 35.5. The molecular formula is C10H6ClN7. The Labute approximate surface area is 107 Å². The molecule has 0 saturated carbocycles. The van der Waals surface area contributed by atoms with E-state index in [1.165, 1.54) is 6.33 Å². The van der Waals surface area contributed by atoms with Crippen molar-refractivity contribution in [3.63, 3.8) is 0 Å². The molecule has 0 N–H and O–H groups in total. The van der Waals surface area contributed by atoms with Gasteiger partial charge in [-0.2, -0.15) is 15.0 Å². The molecule has 3 heterocycles. The van der Waals surface area contributed by atoms with Crippen molar-refractivity contribution in [3.8, 4) is 17.3 Å². The van der Waals surface area contributed by atoms with Crippen molar-refractivity contribution in [2.75, 3.05) is 0 Å². The van der Waals surface area contributed by atoms with Gasteiger partial charge in [-0.1, -0.05) is 0 Å². The molecule has 7 nitrogen and oxygen atoms in total. The van der Waals surface area contributed by atoms with Gasteiger partial charge in [0.25, 0.3) is 0 Å². The molecule has 0 amide bonds. The van der Waals surface area contributed by atoms with E-state index >= 15 is 0 Å². The molecule has 0 atom stereocenters. The quantitative estimate of drug-likeness (QED) is 0.687. The zero-order valence-electron chi connectivity index (χ0n) is 8.97. The van der Waals surface area contributed by atoms with E-state index in [-0.39, 0.29) is 5.28 Å². The number of rotatable bonds is 2. The number of halogens is 1. The summed E-state index contributed by atoms with van der Waals surface area (Å²) in [5.74, 6) is 0.811. The summed E-state index contributed by atoms with van der Waals surface area (Å²) in [4.78, 5) is 24.1. The fourth-order valence-corrected chi connectivity index (χ4v) is 1.53. The zero-order chi connectivity index (χ0) is 12.4.